The van der Waals surface area contributed by atoms with Crippen LogP contribution in [0.2, 0.25) is 5.02 Å². The molecule has 3 N–H and O–H groups in total. The first-order valence-corrected chi connectivity index (χ1v) is 12.4. The third-order valence-corrected chi connectivity index (χ3v) is 7.19. The Hall–Kier alpha value is -3.17. The Morgan fingerprint density at radius 2 is 1.70 bits per heavy atom. The fraction of sp³-hybridized carbons (Fsp3) is 0.261. The molecule has 8 nitrogen and oxygen atoms in total. The fourth-order valence-corrected chi connectivity index (χ4v) is 5.09. The number of benzene rings is 1. The lowest BCUT2D eigenvalue weighted by molar-refractivity contribution is 0.0981. The molecule has 0 aliphatic carbocycles. The summed E-state index contributed by atoms with van der Waals surface area (Å²) in [5.74, 6) is -0.302. The van der Waals surface area contributed by atoms with Crippen LogP contribution in [0.1, 0.15) is 37.0 Å². The quantitative estimate of drug-likeness (QED) is 0.563. The lowest BCUT2D eigenvalue weighted by atomic mass is 10.1. The number of halogens is 1. The summed E-state index contributed by atoms with van der Waals surface area (Å²) in [5.41, 5.74) is 7.26. The second kappa shape index (κ2) is 8.99. The zero-order valence-corrected chi connectivity index (χ0v) is 19.8. The van der Waals surface area contributed by atoms with Crippen LogP contribution in [0.4, 0.5) is 11.6 Å². The lowest BCUT2D eigenvalue weighted by Gasteiger charge is -2.29. The van der Waals surface area contributed by atoms with Crippen LogP contribution < -0.4 is 15.4 Å². The Labute approximate surface area is 197 Å². The number of rotatable bonds is 5. The van der Waals surface area contributed by atoms with Crippen molar-refractivity contribution < 1.29 is 13.2 Å². The van der Waals surface area contributed by atoms with E-state index in [9.17, 15) is 13.2 Å². The van der Waals surface area contributed by atoms with E-state index < -0.39 is 15.9 Å². The van der Waals surface area contributed by atoms with Crippen molar-refractivity contribution in [2.24, 2.45) is 0 Å². The van der Waals surface area contributed by atoms with Crippen LogP contribution in [0, 0.1) is 0 Å². The summed E-state index contributed by atoms with van der Waals surface area (Å²) in [4.78, 5) is 23.8. The number of aromatic nitrogens is 2. The average Bonchev–Trinajstić information content (AvgIpc) is 3.11. The van der Waals surface area contributed by atoms with Crippen molar-refractivity contribution in [3.63, 3.8) is 0 Å². The average molecular weight is 486 g/mol. The van der Waals surface area contributed by atoms with E-state index in [4.69, 9.17) is 22.3 Å². The number of carbonyl (C=O) groups is 1. The van der Waals surface area contributed by atoms with Crippen LogP contribution in [-0.2, 0) is 10.0 Å². The number of amides is 1. The van der Waals surface area contributed by atoms with Crippen molar-refractivity contribution in [3.05, 3.63) is 65.2 Å². The van der Waals surface area contributed by atoms with Crippen LogP contribution in [0.3, 0.4) is 0 Å². The van der Waals surface area contributed by atoms with Gasteiger partial charge in [-0.3, -0.25) is 4.79 Å². The summed E-state index contributed by atoms with van der Waals surface area (Å²) >= 11 is 6.01. The molecule has 3 aromatic rings. The maximum Gasteiger partial charge on any atom is 0.281 e. The Morgan fingerprint density at radius 1 is 1.03 bits per heavy atom. The molecule has 1 aliphatic rings. The van der Waals surface area contributed by atoms with E-state index >= 15 is 0 Å². The SMILES string of the molecule is C[C@@H]1CC[C@H](C)N1c1nc(-c2ccc(Cl)cc2)ccc1C(=O)NS(=O)(=O)c1cccc(N)n1. The molecule has 0 bridgehead atoms. The first kappa shape index (κ1) is 23.0. The monoisotopic (exact) mass is 485 g/mol. The third-order valence-electron chi connectivity index (χ3n) is 5.70. The topological polar surface area (TPSA) is 118 Å². The van der Waals surface area contributed by atoms with Gasteiger partial charge in [0.25, 0.3) is 15.9 Å². The summed E-state index contributed by atoms with van der Waals surface area (Å²) in [5, 5.41) is 0.281. The number of anilines is 2. The molecule has 4 rings (SSSR count). The van der Waals surface area contributed by atoms with Gasteiger partial charge in [0.05, 0.1) is 11.3 Å². The van der Waals surface area contributed by atoms with Gasteiger partial charge in [0, 0.05) is 22.7 Å². The molecule has 33 heavy (non-hydrogen) atoms. The van der Waals surface area contributed by atoms with Gasteiger partial charge in [0.1, 0.15) is 11.6 Å². The van der Waals surface area contributed by atoms with Crippen molar-refractivity contribution in [2.75, 3.05) is 10.6 Å². The number of nitrogens with one attached hydrogen (secondary N) is 1. The minimum atomic E-state index is -4.22. The zero-order valence-electron chi connectivity index (χ0n) is 18.2. The van der Waals surface area contributed by atoms with Crippen LogP contribution in [-0.4, -0.2) is 36.4 Å². The van der Waals surface area contributed by atoms with Gasteiger partial charge in [-0.15, -0.1) is 0 Å². The Kier molecular flexibility index (Phi) is 6.27. The molecule has 1 amide bonds. The number of sulfonamides is 1. The molecular weight excluding hydrogens is 462 g/mol. The van der Waals surface area contributed by atoms with E-state index in [1.807, 2.05) is 12.1 Å². The second-order valence-corrected chi connectivity index (χ2v) is 10.2. The highest BCUT2D eigenvalue weighted by atomic mass is 35.5. The van der Waals surface area contributed by atoms with Crippen molar-refractivity contribution in [3.8, 4) is 11.3 Å². The molecule has 0 spiro atoms. The van der Waals surface area contributed by atoms with Gasteiger partial charge in [-0.05, 0) is 63.1 Å². The maximum absolute atomic E-state index is 13.2. The van der Waals surface area contributed by atoms with Crippen LogP contribution in [0.5, 0.6) is 0 Å². The zero-order chi connectivity index (χ0) is 23.8. The Morgan fingerprint density at radius 3 is 2.33 bits per heavy atom. The summed E-state index contributed by atoms with van der Waals surface area (Å²) in [6.07, 6.45) is 1.89. The molecule has 172 valence electrons. The predicted molar refractivity (Wildman–Crippen MR) is 129 cm³/mol. The number of nitrogens with two attached hydrogens (primary N) is 1. The summed E-state index contributed by atoms with van der Waals surface area (Å²) in [6.45, 7) is 4.13. The van der Waals surface area contributed by atoms with E-state index in [-0.39, 0.29) is 28.5 Å². The van der Waals surface area contributed by atoms with Crippen molar-refractivity contribution in [1.82, 2.24) is 14.7 Å². The molecule has 1 aromatic carbocycles. The van der Waals surface area contributed by atoms with Crippen molar-refractivity contribution >= 4 is 39.2 Å². The number of nitrogen functional groups attached to an aromatic ring is 1. The molecule has 0 saturated carbocycles. The van der Waals surface area contributed by atoms with Crippen molar-refractivity contribution in [2.45, 2.75) is 43.8 Å². The standard InChI is InChI=1S/C23H24ClN5O3S/c1-14-6-7-15(2)29(14)22-18(12-13-19(26-22)16-8-10-17(24)11-9-16)23(30)28-33(31,32)21-5-3-4-20(25)27-21/h3-5,8-15H,6-7H2,1-2H3,(H2,25,27)(H,28,30)/t14-,15+. The molecule has 2 atom stereocenters. The molecule has 10 heteroatoms. The highest BCUT2D eigenvalue weighted by Crippen LogP contribution is 2.33. The van der Waals surface area contributed by atoms with E-state index in [0.717, 1.165) is 18.4 Å². The highest BCUT2D eigenvalue weighted by Gasteiger charge is 2.33. The molecule has 3 heterocycles. The third kappa shape index (κ3) is 4.79. The maximum atomic E-state index is 13.2. The molecule has 1 saturated heterocycles. The molecule has 2 aromatic heterocycles. The lowest BCUT2D eigenvalue weighted by Crippen LogP contribution is -2.37. The first-order chi connectivity index (χ1) is 15.7. The van der Waals surface area contributed by atoms with Crippen LogP contribution in [0.15, 0.2) is 59.6 Å². The van der Waals surface area contributed by atoms with Gasteiger partial charge in [-0.25, -0.2) is 14.7 Å². The van der Waals surface area contributed by atoms with Gasteiger partial charge in [0.2, 0.25) is 0 Å². The number of carbonyl (C=O) groups excluding carboxylic acids is 1. The second-order valence-electron chi connectivity index (χ2n) is 8.09. The largest absolute Gasteiger partial charge is 0.384 e. The number of hydrogen-bond acceptors (Lipinski definition) is 7. The minimum absolute atomic E-state index is 0.0414. The van der Waals surface area contributed by atoms with Gasteiger partial charge in [-0.1, -0.05) is 29.8 Å². The van der Waals surface area contributed by atoms with Gasteiger partial charge >= 0.3 is 0 Å². The van der Waals surface area contributed by atoms with E-state index in [1.54, 1.807) is 24.3 Å². The van der Waals surface area contributed by atoms with Gasteiger partial charge < -0.3 is 10.6 Å². The smallest absolute Gasteiger partial charge is 0.281 e. The van der Waals surface area contributed by atoms with Crippen LogP contribution in [0.25, 0.3) is 11.3 Å². The van der Waals surface area contributed by atoms with Crippen molar-refractivity contribution in [1.29, 1.82) is 0 Å². The number of hydrogen-bond donors (Lipinski definition) is 2. The minimum Gasteiger partial charge on any atom is -0.384 e. The normalized spacial score (nSPS) is 18.3. The summed E-state index contributed by atoms with van der Waals surface area (Å²) in [7, 11) is -4.22. The van der Waals surface area contributed by atoms with Crippen LogP contribution >= 0.6 is 11.6 Å². The number of pyridine rings is 2. The number of nitrogens with zero attached hydrogens (tertiary/aromatic N) is 3. The summed E-state index contributed by atoms with van der Waals surface area (Å²) in [6, 6.07) is 15.0. The molecular formula is C23H24ClN5O3S. The highest BCUT2D eigenvalue weighted by molar-refractivity contribution is 7.90. The van der Waals surface area contributed by atoms with E-state index in [2.05, 4.69) is 28.5 Å². The molecule has 0 radical (unpaired) electrons. The molecule has 0 unspecified atom stereocenters. The van der Waals surface area contributed by atoms with E-state index in [0.29, 0.717) is 16.5 Å². The molecule has 1 aliphatic heterocycles. The predicted octanol–water partition coefficient (Wildman–Crippen LogP) is 3.88. The van der Waals surface area contributed by atoms with E-state index in [1.165, 1.54) is 18.2 Å². The Balaban J connectivity index is 1.75. The molecule has 1 fully saturated rings. The Bertz CT molecular complexity index is 1290. The first-order valence-electron chi connectivity index (χ1n) is 10.5. The summed E-state index contributed by atoms with van der Waals surface area (Å²) < 4.78 is 27.6. The fourth-order valence-electron chi connectivity index (χ4n) is 4.03. The van der Waals surface area contributed by atoms with Gasteiger partial charge in [0.15, 0.2) is 5.03 Å². The van der Waals surface area contributed by atoms with Gasteiger partial charge in [-0.2, -0.15) is 8.42 Å².